The van der Waals surface area contributed by atoms with Crippen molar-refractivity contribution in [3.05, 3.63) is 47.2 Å². The average molecular weight is 317 g/mol. The molecule has 122 valence electrons. The van der Waals surface area contributed by atoms with Crippen LogP contribution in [0.3, 0.4) is 0 Å². The maximum Gasteiger partial charge on any atom is 0.379 e. The van der Waals surface area contributed by atoms with Crippen molar-refractivity contribution < 1.29 is 24.6 Å². The Labute approximate surface area is 134 Å². The van der Waals surface area contributed by atoms with Gasteiger partial charge in [-0.15, -0.1) is 0 Å². The first kappa shape index (κ1) is 15.6. The quantitative estimate of drug-likeness (QED) is 0.507. The van der Waals surface area contributed by atoms with Crippen molar-refractivity contribution in [2.75, 3.05) is 6.61 Å². The van der Waals surface area contributed by atoms with Crippen LogP contribution < -0.4 is 0 Å². The zero-order chi connectivity index (χ0) is 16.4. The molecule has 0 amide bonds. The molecule has 3 rings (SSSR count). The van der Waals surface area contributed by atoms with Crippen LogP contribution in [-0.2, 0) is 14.3 Å². The van der Waals surface area contributed by atoms with E-state index in [4.69, 9.17) is 14.7 Å². The van der Waals surface area contributed by atoms with Gasteiger partial charge >= 0.3 is 11.8 Å². The molecule has 23 heavy (non-hydrogen) atoms. The van der Waals surface area contributed by atoms with Crippen molar-refractivity contribution >= 4 is 11.7 Å². The average Bonchev–Trinajstić information content (AvgIpc) is 2.97. The topological polar surface area (TPSA) is 88.4 Å². The predicted molar refractivity (Wildman–Crippen MR) is 81.9 cm³/mol. The molecule has 1 aliphatic carbocycles. The highest BCUT2D eigenvalue weighted by atomic mass is 16.7. The second-order valence-corrected chi connectivity index (χ2v) is 5.68. The van der Waals surface area contributed by atoms with Gasteiger partial charge in [-0.2, -0.15) is 0 Å². The fourth-order valence-corrected chi connectivity index (χ4v) is 3.20. The summed E-state index contributed by atoms with van der Waals surface area (Å²) in [5.41, 5.74) is 2.27. The summed E-state index contributed by atoms with van der Waals surface area (Å²) < 4.78 is 10.5. The zero-order valence-corrected chi connectivity index (χ0v) is 12.9. The molecule has 0 saturated carbocycles. The molecule has 0 unspecified atom stereocenters. The lowest BCUT2D eigenvalue weighted by atomic mass is 9.83. The Balaban J connectivity index is 2.04. The van der Waals surface area contributed by atoms with E-state index in [0.29, 0.717) is 24.3 Å². The van der Waals surface area contributed by atoms with Gasteiger partial charge in [0.15, 0.2) is 0 Å². The van der Waals surface area contributed by atoms with E-state index in [-0.39, 0.29) is 18.9 Å². The van der Waals surface area contributed by atoms with Gasteiger partial charge in [-0.3, -0.25) is 0 Å². The first-order valence-corrected chi connectivity index (χ1v) is 7.67. The van der Waals surface area contributed by atoms with Crippen molar-refractivity contribution in [2.24, 2.45) is 5.16 Å². The number of nitrogens with zero attached hydrogens (tertiary/aromatic N) is 1. The summed E-state index contributed by atoms with van der Waals surface area (Å²) in [6.07, 6.45) is 1.27. The Morgan fingerprint density at radius 1 is 1.39 bits per heavy atom. The summed E-state index contributed by atoms with van der Waals surface area (Å²) in [6, 6.07) is 9.61. The fraction of sp³-hybridized carbons (Fsp3) is 0.412. The summed E-state index contributed by atoms with van der Waals surface area (Å²) in [7, 11) is 0. The lowest BCUT2D eigenvalue weighted by molar-refractivity contribution is -0.220. The second kappa shape index (κ2) is 6.04. The number of aliphatic hydroxyl groups is 1. The van der Waals surface area contributed by atoms with Gasteiger partial charge in [0.25, 0.3) is 0 Å². The summed E-state index contributed by atoms with van der Waals surface area (Å²) in [5.74, 6) is -2.77. The van der Waals surface area contributed by atoms with Gasteiger partial charge < -0.3 is 19.8 Å². The summed E-state index contributed by atoms with van der Waals surface area (Å²) in [5, 5.41) is 23.1. The van der Waals surface area contributed by atoms with Gasteiger partial charge in [0, 0.05) is 18.8 Å². The third-order valence-corrected chi connectivity index (χ3v) is 4.27. The van der Waals surface area contributed by atoms with Crippen molar-refractivity contribution in [2.45, 2.75) is 37.9 Å². The molecule has 0 saturated heterocycles. The Bertz CT molecular complexity index is 667. The Morgan fingerprint density at radius 2 is 2.13 bits per heavy atom. The number of oxime groups is 1. The van der Waals surface area contributed by atoms with Crippen LogP contribution in [0.5, 0.6) is 0 Å². The van der Waals surface area contributed by atoms with E-state index < -0.39 is 11.8 Å². The highest BCUT2D eigenvalue weighted by molar-refractivity contribution is 6.02. The number of ether oxygens (including phenoxy) is 2. The molecule has 0 fully saturated rings. The van der Waals surface area contributed by atoms with Gasteiger partial charge in [-0.1, -0.05) is 35.5 Å². The van der Waals surface area contributed by atoms with E-state index in [9.17, 15) is 9.90 Å². The van der Waals surface area contributed by atoms with E-state index in [2.05, 4.69) is 5.16 Å². The van der Waals surface area contributed by atoms with Crippen molar-refractivity contribution in [3.8, 4) is 0 Å². The number of benzene rings is 1. The number of esters is 1. The highest BCUT2D eigenvalue weighted by Gasteiger charge is 2.50. The van der Waals surface area contributed by atoms with E-state index in [1.54, 1.807) is 6.92 Å². The van der Waals surface area contributed by atoms with E-state index >= 15 is 0 Å². The highest BCUT2D eigenvalue weighted by Crippen LogP contribution is 2.46. The molecule has 2 atom stereocenters. The molecular formula is C17H19NO5. The molecule has 0 bridgehead atoms. The lowest BCUT2D eigenvalue weighted by Crippen LogP contribution is -2.47. The third-order valence-electron chi connectivity index (χ3n) is 4.27. The zero-order valence-electron chi connectivity index (χ0n) is 12.9. The minimum Gasteiger partial charge on any atom is -0.461 e. The summed E-state index contributed by atoms with van der Waals surface area (Å²) in [4.78, 5) is 12.2. The molecule has 2 N–H and O–H groups in total. The Hall–Kier alpha value is -2.34. The second-order valence-electron chi connectivity index (χ2n) is 5.68. The molecule has 0 spiro atoms. The van der Waals surface area contributed by atoms with E-state index in [1.165, 1.54) is 0 Å². The largest absolute Gasteiger partial charge is 0.461 e. The first-order valence-electron chi connectivity index (χ1n) is 7.67. The first-order chi connectivity index (χ1) is 11.1. The normalized spacial score (nSPS) is 28.4. The molecule has 0 radical (unpaired) electrons. The summed E-state index contributed by atoms with van der Waals surface area (Å²) in [6.45, 7) is 1.81. The Kier molecular flexibility index (Phi) is 4.09. The maximum atomic E-state index is 12.2. The number of hydrogen-bond acceptors (Lipinski definition) is 6. The smallest absolute Gasteiger partial charge is 0.379 e. The maximum absolute atomic E-state index is 12.2. The van der Waals surface area contributed by atoms with E-state index in [1.807, 2.05) is 30.3 Å². The van der Waals surface area contributed by atoms with Crippen LogP contribution in [0.2, 0.25) is 0 Å². The van der Waals surface area contributed by atoms with Gasteiger partial charge in [-0.25, -0.2) is 4.79 Å². The minimum absolute atomic E-state index is 0.0768. The molecule has 1 heterocycles. The lowest BCUT2D eigenvalue weighted by Gasteiger charge is -2.36. The van der Waals surface area contributed by atoms with Crippen LogP contribution >= 0.6 is 0 Å². The van der Waals surface area contributed by atoms with Gasteiger partial charge in [0.1, 0.15) is 11.5 Å². The van der Waals surface area contributed by atoms with Crippen molar-refractivity contribution in [1.29, 1.82) is 0 Å². The standard InChI is InChI=1S/C17H19NO5/c1-2-22-16(19)17(20)10-13(11-6-4-3-5-7-11)12-8-9-14(18-21)15(12)23-17/h3-7,13,20-21H,2,8-10H2,1H3/b18-14+/t13-,17+/m0/s1. The number of carbonyl (C=O) groups excluding carboxylic acids is 1. The molecular weight excluding hydrogens is 298 g/mol. The molecule has 6 heteroatoms. The van der Waals surface area contributed by atoms with Crippen LogP contribution in [0.4, 0.5) is 0 Å². The van der Waals surface area contributed by atoms with Gasteiger partial charge in [-0.05, 0) is 24.5 Å². The molecule has 1 aromatic carbocycles. The number of carbonyl (C=O) groups is 1. The van der Waals surface area contributed by atoms with Gasteiger partial charge in [0.2, 0.25) is 0 Å². The van der Waals surface area contributed by atoms with Gasteiger partial charge in [0.05, 0.1) is 6.61 Å². The Morgan fingerprint density at radius 3 is 2.78 bits per heavy atom. The molecule has 1 aliphatic heterocycles. The molecule has 1 aromatic rings. The SMILES string of the molecule is CCOC(=O)[C@@]1(O)C[C@@H](c2ccccc2)C2=C(O1)/C(=N/O)CC2. The van der Waals surface area contributed by atoms with Crippen LogP contribution in [-0.4, -0.2) is 34.4 Å². The minimum atomic E-state index is -2.07. The third kappa shape index (κ3) is 2.70. The molecule has 2 aliphatic rings. The number of allylic oxidation sites excluding steroid dienone is 2. The van der Waals surface area contributed by atoms with Crippen LogP contribution in [0.1, 0.15) is 37.7 Å². The molecule has 0 aromatic heterocycles. The molecule has 6 nitrogen and oxygen atoms in total. The number of rotatable bonds is 3. The monoisotopic (exact) mass is 317 g/mol. The van der Waals surface area contributed by atoms with Crippen molar-refractivity contribution in [1.82, 2.24) is 0 Å². The van der Waals surface area contributed by atoms with Crippen LogP contribution in [0.25, 0.3) is 0 Å². The van der Waals surface area contributed by atoms with E-state index in [0.717, 1.165) is 11.1 Å². The fourth-order valence-electron chi connectivity index (χ4n) is 3.20. The summed E-state index contributed by atoms with van der Waals surface area (Å²) >= 11 is 0. The van der Waals surface area contributed by atoms with Crippen molar-refractivity contribution in [3.63, 3.8) is 0 Å². The van der Waals surface area contributed by atoms with Crippen LogP contribution in [0, 0.1) is 0 Å². The van der Waals surface area contributed by atoms with Crippen LogP contribution in [0.15, 0.2) is 46.8 Å². The number of hydrogen-bond donors (Lipinski definition) is 2. The predicted octanol–water partition coefficient (Wildman–Crippen LogP) is 2.32.